The Labute approximate surface area is 126 Å². The summed E-state index contributed by atoms with van der Waals surface area (Å²) in [6.45, 7) is 3.30. The monoisotopic (exact) mass is 301 g/mol. The van der Waals surface area contributed by atoms with Gasteiger partial charge in [-0.1, -0.05) is 0 Å². The van der Waals surface area contributed by atoms with Gasteiger partial charge in [0, 0.05) is 29.3 Å². The summed E-state index contributed by atoms with van der Waals surface area (Å²) in [5, 5.41) is 5.61. The molecule has 2 heterocycles. The molecule has 3 amide bonds. The van der Waals surface area contributed by atoms with E-state index in [1.807, 2.05) is 31.2 Å². The average Bonchev–Trinajstić information content (AvgIpc) is 3.08. The third-order valence-electron chi connectivity index (χ3n) is 3.26. The van der Waals surface area contributed by atoms with Crippen molar-refractivity contribution in [2.75, 3.05) is 23.3 Å². The van der Waals surface area contributed by atoms with Crippen molar-refractivity contribution in [1.82, 2.24) is 5.32 Å². The Morgan fingerprint density at radius 3 is 2.57 bits per heavy atom. The van der Waals surface area contributed by atoms with Crippen LogP contribution < -0.4 is 15.5 Å². The van der Waals surface area contributed by atoms with E-state index in [2.05, 4.69) is 10.6 Å². The van der Waals surface area contributed by atoms with E-state index in [1.54, 1.807) is 17.0 Å². The van der Waals surface area contributed by atoms with Crippen LogP contribution in [0.4, 0.5) is 16.2 Å². The van der Waals surface area contributed by atoms with Crippen LogP contribution in [0.3, 0.4) is 0 Å². The molecule has 2 N–H and O–H groups in total. The lowest BCUT2D eigenvalue weighted by Gasteiger charge is -2.14. The van der Waals surface area contributed by atoms with Crippen LogP contribution in [-0.2, 0) is 0 Å². The number of urea groups is 1. The van der Waals surface area contributed by atoms with E-state index in [9.17, 15) is 9.59 Å². The third-order valence-corrected chi connectivity index (χ3v) is 4.26. The Bertz CT molecular complexity index is 678. The van der Waals surface area contributed by atoms with Crippen LogP contribution in [0.2, 0.25) is 0 Å². The smallest absolute Gasteiger partial charge is 0.321 e. The second-order valence-corrected chi connectivity index (χ2v) is 6.08. The first-order valence-corrected chi connectivity index (χ1v) is 7.48. The number of amides is 3. The zero-order valence-electron chi connectivity index (χ0n) is 11.6. The highest BCUT2D eigenvalue weighted by molar-refractivity contribution is 7.14. The minimum absolute atomic E-state index is 0.0825. The van der Waals surface area contributed by atoms with Crippen LogP contribution >= 0.6 is 11.3 Å². The van der Waals surface area contributed by atoms with Crippen molar-refractivity contribution in [3.05, 3.63) is 46.2 Å². The predicted molar refractivity (Wildman–Crippen MR) is 84.2 cm³/mol. The molecule has 21 heavy (non-hydrogen) atoms. The topological polar surface area (TPSA) is 61.4 Å². The molecule has 108 valence electrons. The lowest BCUT2D eigenvalue weighted by Crippen LogP contribution is -2.27. The van der Waals surface area contributed by atoms with Gasteiger partial charge in [0.1, 0.15) is 0 Å². The number of nitrogens with zero attached hydrogens (tertiary/aromatic N) is 1. The molecule has 1 aromatic carbocycles. The largest absolute Gasteiger partial charge is 0.336 e. The summed E-state index contributed by atoms with van der Waals surface area (Å²) in [5.41, 5.74) is 1.55. The number of anilines is 2. The highest BCUT2D eigenvalue weighted by atomic mass is 32.1. The summed E-state index contributed by atoms with van der Waals surface area (Å²) in [6.07, 6.45) is 0. The van der Waals surface area contributed by atoms with Gasteiger partial charge in [-0.3, -0.25) is 9.69 Å². The number of carbonyl (C=O) groups is 2. The highest BCUT2D eigenvalue weighted by Gasteiger charge is 2.20. The lowest BCUT2D eigenvalue weighted by molar-refractivity contribution is 0.103. The standard InChI is InChI=1S/C15H15N3O2S/c1-10-2-7-13(21-10)14(19)17-11-3-5-12(6-4-11)18-9-8-16-15(18)20/h2-7H,8-9H2,1H3,(H,16,20)(H,17,19). The Kier molecular flexibility index (Phi) is 3.62. The van der Waals surface area contributed by atoms with Crippen LogP contribution in [0.1, 0.15) is 14.5 Å². The van der Waals surface area contributed by atoms with Crippen molar-refractivity contribution >= 4 is 34.6 Å². The molecule has 0 saturated carbocycles. The normalized spacial score (nSPS) is 14.1. The number of aryl methyl sites for hydroxylation is 1. The fraction of sp³-hybridized carbons (Fsp3) is 0.200. The Balaban J connectivity index is 1.69. The van der Waals surface area contributed by atoms with Crippen LogP contribution in [0.5, 0.6) is 0 Å². The summed E-state index contributed by atoms with van der Waals surface area (Å²) < 4.78 is 0. The van der Waals surface area contributed by atoms with E-state index < -0.39 is 0 Å². The van der Waals surface area contributed by atoms with E-state index in [-0.39, 0.29) is 11.9 Å². The predicted octanol–water partition coefficient (Wildman–Crippen LogP) is 2.84. The van der Waals surface area contributed by atoms with Gasteiger partial charge in [-0.15, -0.1) is 11.3 Å². The third kappa shape index (κ3) is 2.90. The first kappa shape index (κ1) is 13.6. The summed E-state index contributed by atoms with van der Waals surface area (Å²) in [6, 6.07) is 10.9. The van der Waals surface area contributed by atoms with Crippen molar-refractivity contribution in [3.8, 4) is 0 Å². The Morgan fingerprint density at radius 2 is 2.00 bits per heavy atom. The maximum Gasteiger partial charge on any atom is 0.321 e. The van der Waals surface area contributed by atoms with E-state index in [0.29, 0.717) is 18.0 Å². The fourth-order valence-corrected chi connectivity index (χ4v) is 2.95. The Hall–Kier alpha value is -2.34. The molecular weight excluding hydrogens is 286 g/mol. The maximum absolute atomic E-state index is 12.0. The van der Waals surface area contributed by atoms with Crippen molar-refractivity contribution in [3.63, 3.8) is 0 Å². The first-order valence-electron chi connectivity index (χ1n) is 6.67. The maximum atomic E-state index is 12.0. The van der Waals surface area contributed by atoms with Crippen LogP contribution in [0.15, 0.2) is 36.4 Å². The van der Waals surface area contributed by atoms with Crippen molar-refractivity contribution < 1.29 is 9.59 Å². The molecule has 3 rings (SSSR count). The molecule has 1 fully saturated rings. The first-order chi connectivity index (χ1) is 10.1. The van der Waals surface area contributed by atoms with Gasteiger partial charge in [0.2, 0.25) is 0 Å². The zero-order valence-corrected chi connectivity index (χ0v) is 12.4. The molecular formula is C15H15N3O2S. The van der Waals surface area contributed by atoms with E-state index in [1.165, 1.54) is 11.3 Å². The summed E-state index contributed by atoms with van der Waals surface area (Å²) in [4.78, 5) is 27.1. The Morgan fingerprint density at radius 1 is 1.24 bits per heavy atom. The molecule has 1 saturated heterocycles. The number of thiophene rings is 1. The molecule has 0 unspecified atom stereocenters. The van der Waals surface area contributed by atoms with Crippen molar-refractivity contribution in [2.45, 2.75) is 6.92 Å². The van der Waals surface area contributed by atoms with E-state index >= 15 is 0 Å². The summed E-state index contributed by atoms with van der Waals surface area (Å²) >= 11 is 1.47. The molecule has 1 aliphatic heterocycles. The number of carbonyl (C=O) groups excluding carboxylic acids is 2. The zero-order chi connectivity index (χ0) is 14.8. The van der Waals surface area contributed by atoms with Gasteiger partial charge in [-0.05, 0) is 43.3 Å². The average molecular weight is 301 g/mol. The minimum atomic E-state index is -0.111. The number of hydrogen-bond acceptors (Lipinski definition) is 3. The summed E-state index contributed by atoms with van der Waals surface area (Å²) in [5.74, 6) is -0.111. The van der Waals surface area contributed by atoms with Gasteiger partial charge < -0.3 is 10.6 Å². The highest BCUT2D eigenvalue weighted by Crippen LogP contribution is 2.21. The molecule has 0 spiro atoms. The van der Waals surface area contributed by atoms with E-state index in [0.717, 1.165) is 16.3 Å². The molecule has 6 heteroatoms. The minimum Gasteiger partial charge on any atom is -0.336 e. The molecule has 2 aromatic rings. The number of nitrogens with one attached hydrogen (secondary N) is 2. The van der Waals surface area contributed by atoms with Crippen LogP contribution in [0.25, 0.3) is 0 Å². The summed E-state index contributed by atoms with van der Waals surface area (Å²) in [7, 11) is 0. The van der Waals surface area contributed by atoms with Gasteiger partial charge in [-0.2, -0.15) is 0 Å². The second kappa shape index (κ2) is 5.57. The van der Waals surface area contributed by atoms with E-state index in [4.69, 9.17) is 0 Å². The fourth-order valence-electron chi connectivity index (χ4n) is 2.19. The number of benzene rings is 1. The van der Waals surface area contributed by atoms with Gasteiger partial charge >= 0.3 is 6.03 Å². The molecule has 0 radical (unpaired) electrons. The van der Waals surface area contributed by atoms with Crippen molar-refractivity contribution in [1.29, 1.82) is 0 Å². The quantitative estimate of drug-likeness (QED) is 0.915. The number of rotatable bonds is 3. The molecule has 0 aliphatic carbocycles. The van der Waals surface area contributed by atoms with Gasteiger partial charge in [0.05, 0.1) is 4.88 Å². The molecule has 0 bridgehead atoms. The van der Waals surface area contributed by atoms with Gasteiger partial charge in [-0.25, -0.2) is 4.79 Å². The van der Waals surface area contributed by atoms with Crippen LogP contribution in [-0.4, -0.2) is 25.0 Å². The molecule has 1 aliphatic rings. The van der Waals surface area contributed by atoms with Crippen LogP contribution in [0, 0.1) is 6.92 Å². The molecule has 5 nitrogen and oxygen atoms in total. The molecule has 1 aromatic heterocycles. The number of hydrogen-bond donors (Lipinski definition) is 2. The SMILES string of the molecule is Cc1ccc(C(=O)Nc2ccc(N3CCNC3=O)cc2)s1. The second-order valence-electron chi connectivity index (χ2n) is 4.79. The van der Waals surface area contributed by atoms with Gasteiger partial charge in [0.25, 0.3) is 5.91 Å². The lowest BCUT2D eigenvalue weighted by atomic mass is 10.2. The van der Waals surface area contributed by atoms with Gasteiger partial charge in [0.15, 0.2) is 0 Å². The molecule has 0 atom stereocenters. The van der Waals surface area contributed by atoms with Crippen molar-refractivity contribution in [2.24, 2.45) is 0 Å².